The highest BCUT2D eigenvalue weighted by atomic mass is 35.5. The molecule has 43 heavy (non-hydrogen) atoms. The Morgan fingerprint density at radius 3 is 2.47 bits per heavy atom. The van der Waals surface area contributed by atoms with Gasteiger partial charge in [0.25, 0.3) is 5.56 Å². The van der Waals surface area contributed by atoms with Crippen molar-refractivity contribution in [3.8, 4) is 0 Å². The van der Waals surface area contributed by atoms with Crippen LogP contribution in [0.5, 0.6) is 0 Å². The number of rotatable bonds is 16. The number of H-pyrrole nitrogens is 1. The van der Waals surface area contributed by atoms with Crippen LogP contribution in [0.25, 0.3) is 0 Å². The number of hydrogen-bond donors (Lipinski definition) is 4. The van der Waals surface area contributed by atoms with Gasteiger partial charge in [0, 0.05) is 37.1 Å². The van der Waals surface area contributed by atoms with Gasteiger partial charge in [0.05, 0.1) is 12.2 Å². The quantitative estimate of drug-likeness (QED) is 0.0926. The molecule has 3 aromatic rings. The third-order valence-electron chi connectivity index (χ3n) is 5.92. The van der Waals surface area contributed by atoms with Crippen LogP contribution in [0, 0.1) is 6.92 Å². The molecule has 14 nitrogen and oxygen atoms in total. The van der Waals surface area contributed by atoms with E-state index >= 15 is 0 Å². The molecule has 0 bridgehead atoms. The van der Waals surface area contributed by atoms with Crippen LogP contribution >= 0.6 is 22.9 Å². The van der Waals surface area contributed by atoms with Gasteiger partial charge in [0.2, 0.25) is 11.1 Å². The number of azo groups is 1. The van der Waals surface area contributed by atoms with Crippen molar-refractivity contribution in [2.24, 2.45) is 10.2 Å². The van der Waals surface area contributed by atoms with E-state index in [1.54, 1.807) is 6.92 Å². The van der Waals surface area contributed by atoms with Crippen molar-refractivity contribution in [3.63, 3.8) is 0 Å². The fourth-order valence-corrected chi connectivity index (χ4v) is 4.69. The Balaban J connectivity index is 1.24. The van der Waals surface area contributed by atoms with Crippen LogP contribution in [0.3, 0.4) is 0 Å². The number of amides is 3. The van der Waals surface area contributed by atoms with E-state index in [0.717, 1.165) is 49.3 Å². The number of thiazole rings is 1. The summed E-state index contributed by atoms with van der Waals surface area (Å²) in [5.41, 5.74) is 1.74. The fourth-order valence-electron chi connectivity index (χ4n) is 3.80. The number of benzene rings is 1. The average molecular weight is 632 g/mol. The molecule has 1 aromatic carbocycles. The summed E-state index contributed by atoms with van der Waals surface area (Å²) >= 11 is 6.91. The second kappa shape index (κ2) is 17.6. The van der Waals surface area contributed by atoms with Crippen LogP contribution in [0.4, 0.5) is 32.0 Å². The van der Waals surface area contributed by atoms with E-state index in [1.807, 2.05) is 31.2 Å². The lowest BCUT2D eigenvalue weighted by Crippen LogP contribution is -2.31. The largest absolute Gasteiger partial charge is 0.448 e. The van der Waals surface area contributed by atoms with E-state index in [2.05, 4.69) is 46.0 Å². The first-order valence-electron chi connectivity index (χ1n) is 13.7. The molecule has 3 rings (SSSR count). The number of aryl methyl sites for hydroxylation is 1. The molecule has 0 saturated heterocycles. The molecule has 0 aliphatic heterocycles. The summed E-state index contributed by atoms with van der Waals surface area (Å²) in [4.78, 5) is 59.1. The topological polar surface area (TPSA) is 183 Å². The summed E-state index contributed by atoms with van der Waals surface area (Å²) in [6, 6.07) is 8.31. The number of aromatic amines is 1. The van der Waals surface area contributed by atoms with Gasteiger partial charge in [-0.3, -0.25) is 14.9 Å². The minimum absolute atomic E-state index is 0.104. The summed E-state index contributed by atoms with van der Waals surface area (Å²) in [5.74, 6) is 0.104. The maximum Gasteiger partial charge on any atom is 0.407 e. The van der Waals surface area contributed by atoms with E-state index in [1.165, 1.54) is 6.07 Å². The van der Waals surface area contributed by atoms with E-state index in [-0.39, 0.29) is 17.7 Å². The Bertz CT molecular complexity index is 1450. The molecule has 3 amide bonds. The molecule has 0 unspecified atom stereocenters. The van der Waals surface area contributed by atoms with E-state index in [4.69, 9.17) is 16.3 Å². The van der Waals surface area contributed by atoms with Gasteiger partial charge in [-0.1, -0.05) is 35.8 Å². The van der Waals surface area contributed by atoms with Crippen molar-refractivity contribution in [2.75, 3.05) is 43.0 Å². The zero-order chi connectivity index (χ0) is 31.0. The van der Waals surface area contributed by atoms with Gasteiger partial charge in [0.15, 0.2) is 11.4 Å². The van der Waals surface area contributed by atoms with Gasteiger partial charge < -0.3 is 25.3 Å². The third-order valence-corrected chi connectivity index (χ3v) is 7.18. The van der Waals surface area contributed by atoms with E-state index in [0.29, 0.717) is 47.3 Å². The molecular formula is C27H34ClN9O5S. The van der Waals surface area contributed by atoms with E-state index < -0.39 is 17.7 Å². The van der Waals surface area contributed by atoms with Crippen molar-refractivity contribution >= 4 is 63.8 Å². The lowest BCUT2D eigenvalue weighted by molar-refractivity contribution is 0.112. The van der Waals surface area contributed by atoms with Crippen LogP contribution in [-0.4, -0.2) is 66.1 Å². The molecule has 16 heteroatoms. The Hall–Kier alpha value is -4.37. The summed E-state index contributed by atoms with van der Waals surface area (Å²) in [5, 5.41) is 16.5. The third kappa shape index (κ3) is 11.8. The predicted octanol–water partition coefficient (Wildman–Crippen LogP) is 5.35. The highest BCUT2D eigenvalue weighted by Crippen LogP contribution is 2.29. The first-order valence-corrected chi connectivity index (χ1v) is 14.9. The number of aldehydes is 1. The van der Waals surface area contributed by atoms with Crippen LogP contribution in [0.1, 0.15) is 48.0 Å². The predicted molar refractivity (Wildman–Crippen MR) is 165 cm³/mol. The summed E-state index contributed by atoms with van der Waals surface area (Å²) in [6.45, 7) is 6.15. The molecule has 0 atom stereocenters. The van der Waals surface area contributed by atoms with Crippen LogP contribution in [-0.2, 0) is 4.74 Å². The molecule has 2 heterocycles. The number of urea groups is 1. The number of carbonyl (C=O) groups is 3. The highest BCUT2D eigenvalue weighted by molar-refractivity contribution is 7.17. The minimum atomic E-state index is -0.465. The Labute approximate surface area is 257 Å². The number of nitrogens with zero attached hydrogens (tertiary/aromatic N) is 5. The van der Waals surface area contributed by atoms with Gasteiger partial charge in [0.1, 0.15) is 11.5 Å². The molecule has 0 aliphatic carbocycles. The van der Waals surface area contributed by atoms with Crippen molar-refractivity contribution < 1.29 is 19.1 Å². The molecule has 0 spiro atoms. The molecule has 0 fully saturated rings. The van der Waals surface area contributed by atoms with Gasteiger partial charge in [-0.25, -0.2) is 14.6 Å². The Kier molecular flexibility index (Phi) is 13.5. The first-order chi connectivity index (χ1) is 20.8. The number of hydrogen-bond acceptors (Lipinski definition) is 11. The Morgan fingerprint density at radius 1 is 1.09 bits per heavy atom. The number of likely N-dealkylation sites (N-methyl/N-ethyl adjacent to an activating group) is 1. The van der Waals surface area contributed by atoms with Crippen molar-refractivity contribution in [2.45, 2.75) is 39.5 Å². The van der Waals surface area contributed by atoms with Crippen molar-refractivity contribution in [1.29, 1.82) is 0 Å². The van der Waals surface area contributed by atoms with Gasteiger partial charge in [-0.15, -0.1) is 10.2 Å². The number of aromatic nitrogens is 3. The van der Waals surface area contributed by atoms with Crippen molar-refractivity contribution in [3.05, 3.63) is 56.4 Å². The lowest BCUT2D eigenvalue weighted by Gasteiger charge is -2.23. The summed E-state index contributed by atoms with van der Waals surface area (Å²) in [6.07, 6.45) is 3.49. The smallest absolute Gasteiger partial charge is 0.407 e. The maximum atomic E-state index is 12.0. The molecule has 0 aliphatic rings. The minimum Gasteiger partial charge on any atom is -0.448 e. The maximum absolute atomic E-state index is 12.0. The number of carbonyl (C=O) groups excluding carboxylic acids is 3. The van der Waals surface area contributed by atoms with Gasteiger partial charge >= 0.3 is 12.1 Å². The van der Waals surface area contributed by atoms with Crippen LogP contribution in [0.15, 0.2) is 45.4 Å². The van der Waals surface area contributed by atoms with Crippen LogP contribution in [0.2, 0.25) is 5.15 Å². The van der Waals surface area contributed by atoms with Gasteiger partial charge in [-0.2, -0.15) is 4.98 Å². The van der Waals surface area contributed by atoms with E-state index in [9.17, 15) is 19.2 Å². The normalized spacial score (nSPS) is 10.9. The zero-order valence-electron chi connectivity index (χ0n) is 23.9. The second-order valence-corrected chi connectivity index (χ2v) is 10.5. The fraction of sp³-hybridized carbons (Fsp3) is 0.407. The monoisotopic (exact) mass is 631 g/mol. The number of anilines is 2. The number of unbranched alkanes of at least 4 members (excludes halogenated alkanes) is 3. The van der Waals surface area contributed by atoms with Gasteiger partial charge in [-0.05, 0) is 51.0 Å². The number of ether oxygens (including phenoxy) is 1. The first kappa shape index (κ1) is 33.1. The highest BCUT2D eigenvalue weighted by Gasteiger charge is 2.09. The second-order valence-electron chi connectivity index (χ2n) is 9.17. The molecule has 4 N–H and O–H groups in total. The number of halogens is 1. The molecule has 2 aromatic heterocycles. The Morgan fingerprint density at radius 2 is 1.81 bits per heavy atom. The number of alkyl carbamates (subject to hydrolysis) is 1. The molecule has 230 valence electrons. The average Bonchev–Trinajstić information content (AvgIpc) is 3.34. The molecule has 0 radical (unpaired) electrons. The SMILES string of the molecule is CCN(CCOC(=O)NCCCCCCNC(=O)Nc1nc(=O)cc(C)[nH]1)c1ccc(/N=N/c2nc(Cl)c(C=O)s2)cc1. The summed E-state index contributed by atoms with van der Waals surface area (Å²) < 4.78 is 5.31. The standard InChI is InChI=1S/C27H34ClN9O5S/c1-3-37(20-10-8-19(9-11-20)35-36-26-33-23(28)21(17-38)43-26)14-15-42-27(41)30-13-7-5-4-6-12-29-25(40)34-24-31-18(2)16-22(39)32-24/h8-11,16-17H,3-7,12-15H2,1-2H3,(H,30,41)(H3,29,31,32,34,39,40)/b36-35+. The van der Waals surface area contributed by atoms with Crippen molar-refractivity contribution in [1.82, 2.24) is 25.6 Å². The summed E-state index contributed by atoms with van der Waals surface area (Å²) in [7, 11) is 0. The van der Waals surface area contributed by atoms with Crippen LogP contribution < -0.4 is 26.4 Å². The lowest BCUT2D eigenvalue weighted by atomic mass is 10.2. The number of nitrogens with one attached hydrogen (secondary N) is 4. The zero-order valence-corrected chi connectivity index (χ0v) is 25.5. The molecular weight excluding hydrogens is 598 g/mol. The molecule has 0 saturated carbocycles.